The standard InChI is InChI=1S/2C14H22O3/c2*1-9(8-15)12(16)17-11-7-10-5-6-14(11,4)13(10,2)3/h2*10-11,15H,1,5-8H2,2-4H3/t2*10-,11?,14-/m11/s1. The van der Waals surface area contributed by atoms with Crippen LogP contribution in [-0.4, -0.2) is 47.6 Å². The maximum atomic E-state index is 11.7. The van der Waals surface area contributed by atoms with E-state index in [0.717, 1.165) is 25.7 Å². The summed E-state index contributed by atoms with van der Waals surface area (Å²) >= 11 is 0. The van der Waals surface area contributed by atoms with Gasteiger partial charge in [-0.25, -0.2) is 9.59 Å². The van der Waals surface area contributed by atoms with Crippen molar-refractivity contribution in [2.24, 2.45) is 33.5 Å². The van der Waals surface area contributed by atoms with Gasteiger partial charge in [-0.15, -0.1) is 0 Å². The van der Waals surface area contributed by atoms with Crippen molar-refractivity contribution in [2.45, 2.75) is 92.3 Å². The Morgan fingerprint density at radius 2 is 1.06 bits per heavy atom. The maximum absolute atomic E-state index is 11.7. The third kappa shape index (κ3) is 4.05. The zero-order valence-electron chi connectivity index (χ0n) is 21.9. The third-order valence-electron chi connectivity index (χ3n) is 10.9. The largest absolute Gasteiger partial charge is 0.458 e. The highest BCUT2D eigenvalue weighted by Gasteiger charge is 2.63. The molecule has 0 heterocycles. The maximum Gasteiger partial charge on any atom is 0.336 e. The molecular weight excluding hydrogens is 432 g/mol. The average Bonchev–Trinajstić information content (AvgIpc) is 3.30. The van der Waals surface area contributed by atoms with Crippen molar-refractivity contribution < 1.29 is 29.3 Å². The Bertz CT molecular complexity index is 787. The minimum absolute atomic E-state index is 0.0213. The first-order valence-electron chi connectivity index (χ1n) is 12.6. The summed E-state index contributed by atoms with van der Waals surface area (Å²) in [6, 6.07) is 0. The summed E-state index contributed by atoms with van der Waals surface area (Å²) in [5.74, 6) is 0.407. The molecule has 0 aromatic rings. The number of fused-ring (bicyclic) bond motifs is 4. The number of aliphatic hydroxyl groups is 2. The van der Waals surface area contributed by atoms with E-state index in [-0.39, 0.29) is 58.2 Å². The van der Waals surface area contributed by atoms with Crippen molar-refractivity contribution in [1.82, 2.24) is 0 Å². The molecule has 4 aliphatic carbocycles. The number of ether oxygens (including phenoxy) is 2. The molecular formula is C28H44O6. The van der Waals surface area contributed by atoms with Crippen molar-refractivity contribution in [2.75, 3.05) is 13.2 Å². The van der Waals surface area contributed by atoms with Gasteiger partial charge in [-0.2, -0.15) is 0 Å². The van der Waals surface area contributed by atoms with E-state index in [2.05, 4.69) is 54.7 Å². The lowest BCUT2D eigenvalue weighted by Crippen LogP contribution is -2.38. The lowest BCUT2D eigenvalue weighted by atomic mass is 9.70. The minimum Gasteiger partial charge on any atom is -0.458 e. The Morgan fingerprint density at radius 1 is 0.735 bits per heavy atom. The van der Waals surface area contributed by atoms with E-state index in [1.807, 2.05) is 0 Å². The van der Waals surface area contributed by atoms with Gasteiger partial charge in [0.2, 0.25) is 0 Å². The van der Waals surface area contributed by atoms with Gasteiger partial charge in [-0.1, -0.05) is 54.7 Å². The molecule has 4 saturated carbocycles. The summed E-state index contributed by atoms with van der Waals surface area (Å²) in [5, 5.41) is 17.8. The van der Waals surface area contributed by atoms with Crippen molar-refractivity contribution in [3.8, 4) is 0 Å². The van der Waals surface area contributed by atoms with Crippen molar-refractivity contribution >= 4 is 11.9 Å². The second-order valence-corrected chi connectivity index (χ2v) is 12.5. The predicted octanol–water partition coefficient (Wildman–Crippen LogP) is 4.59. The van der Waals surface area contributed by atoms with Gasteiger partial charge in [0, 0.05) is 10.8 Å². The molecule has 6 heteroatoms. The molecule has 6 nitrogen and oxygen atoms in total. The fraction of sp³-hybridized carbons (Fsp3) is 0.786. The van der Waals surface area contributed by atoms with Gasteiger partial charge >= 0.3 is 11.9 Å². The molecule has 6 atom stereocenters. The highest BCUT2D eigenvalue weighted by molar-refractivity contribution is 5.88. The molecule has 4 bridgehead atoms. The smallest absolute Gasteiger partial charge is 0.336 e. The second kappa shape index (κ2) is 9.09. The Balaban J connectivity index is 0.000000191. The number of aliphatic hydroxyl groups excluding tert-OH is 2. The van der Waals surface area contributed by atoms with E-state index in [4.69, 9.17) is 19.7 Å². The molecule has 2 N–H and O–H groups in total. The predicted molar refractivity (Wildman–Crippen MR) is 131 cm³/mol. The molecule has 192 valence electrons. The molecule has 0 radical (unpaired) electrons. The average molecular weight is 477 g/mol. The molecule has 4 rings (SSSR count). The van der Waals surface area contributed by atoms with Crippen LogP contribution in [-0.2, 0) is 19.1 Å². The Labute approximate surface area is 204 Å². The molecule has 0 aromatic heterocycles. The highest BCUT2D eigenvalue weighted by atomic mass is 16.6. The first-order chi connectivity index (χ1) is 15.7. The van der Waals surface area contributed by atoms with E-state index in [0.29, 0.717) is 11.8 Å². The van der Waals surface area contributed by atoms with E-state index in [1.165, 1.54) is 12.8 Å². The van der Waals surface area contributed by atoms with Crippen LogP contribution in [0.2, 0.25) is 0 Å². The van der Waals surface area contributed by atoms with Gasteiger partial charge in [-0.05, 0) is 61.2 Å². The number of carbonyl (C=O) groups excluding carboxylic acids is 2. The first kappa shape index (κ1) is 26.9. The molecule has 4 fully saturated rings. The van der Waals surface area contributed by atoms with E-state index < -0.39 is 11.9 Å². The Morgan fingerprint density at radius 3 is 1.26 bits per heavy atom. The number of hydrogen-bond donors (Lipinski definition) is 2. The molecule has 4 aliphatic rings. The molecule has 0 aliphatic heterocycles. The van der Waals surface area contributed by atoms with Crippen LogP contribution in [0.4, 0.5) is 0 Å². The summed E-state index contributed by atoms with van der Waals surface area (Å²) in [7, 11) is 0. The van der Waals surface area contributed by atoms with Gasteiger partial charge in [0.05, 0.1) is 24.4 Å². The van der Waals surface area contributed by atoms with E-state index in [1.54, 1.807) is 0 Å². The summed E-state index contributed by atoms with van der Waals surface area (Å²) in [6.45, 7) is 19.9. The number of esters is 2. The molecule has 0 spiro atoms. The van der Waals surface area contributed by atoms with Gasteiger partial charge in [0.1, 0.15) is 12.2 Å². The topological polar surface area (TPSA) is 93.1 Å². The van der Waals surface area contributed by atoms with Crippen LogP contribution in [0.3, 0.4) is 0 Å². The van der Waals surface area contributed by atoms with Gasteiger partial charge < -0.3 is 19.7 Å². The quantitative estimate of drug-likeness (QED) is 0.430. The second-order valence-electron chi connectivity index (χ2n) is 12.5. The number of carbonyl (C=O) groups is 2. The van der Waals surface area contributed by atoms with E-state index in [9.17, 15) is 9.59 Å². The zero-order chi connectivity index (χ0) is 25.7. The highest BCUT2D eigenvalue weighted by Crippen LogP contribution is 2.67. The monoisotopic (exact) mass is 476 g/mol. The minimum atomic E-state index is -0.443. The number of rotatable bonds is 6. The van der Waals surface area contributed by atoms with Crippen LogP contribution < -0.4 is 0 Å². The lowest BCUT2D eigenvalue weighted by Gasteiger charge is -2.38. The lowest BCUT2D eigenvalue weighted by molar-refractivity contribution is -0.153. The Kier molecular flexibility index (Phi) is 7.20. The molecule has 0 amide bonds. The van der Waals surface area contributed by atoms with Crippen molar-refractivity contribution in [3.05, 3.63) is 24.3 Å². The summed E-state index contributed by atoms with van der Waals surface area (Å²) in [5.41, 5.74) is 0.909. The van der Waals surface area contributed by atoms with Crippen LogP contribution in [0.5, 0.6) is 0 Å². The summed E-state index contributed by atoms with van der Waals surface area (Å²) in [6.07, 6.45) is 6.57. The van der Waals surface area contributed by atoms with Crippen LogP contribution in [0, 0.1) is 33.5 Å². The van der Waals surface area contributed by atoms with Gasteiger partial charge in [0.15, 0.2) is 0 Å². The van der Waals surface area contributed by atoms with Gasteiger partial charge in [0.25, 0.3) is 0 Å². The summed E-state index contributed by atoms with van der Waals surface area (Å²) in [4.78, 5) is 23.4. The zero-order valence-corrected chi connectivity index (χ0v) is 21.9. The van der Waals surface area contributed by atoms with Crippen molar-refractivity contribution in [3.63, 3.8) is 0 Å². The fourth-order valence-electron chi connectivity index (χ4n) is 7.17. The Hall–Kier alpha value is -1.66. The summed E-state index contributed by atoms with van der Waals surface area (Å²) < 4.78 is 11.1. The molecule has 34 heavy (non-hydrogen) atoms. The fourth-order valence-corrected chi connectivity index (χ4v) is 7.17. The van der Waals surface area contributed by atoms with Crippen LogP contribution in [0.25, 0.3) is 0 Å². The molecule has 0 saturated heterocycles. The first-order valence-corrected chi connectivity index (χ1v) is 12.6. The normalized spacial score (nSPS) is 38.1. The van der Waals surface area contributed by atoms with E-state index >= 15 is 0 Å². The molecule has 0 aromatic carbocycles. The van der Waals surface area contributed by atoms with Crippen LogP contribution in [0.15, 0.2) is 24.3 Å². The van der Waals surface area contributed by atoms with Crippen LogP contribution >= 0.6 is 0 Å². The van der Waals surface area contributed by atoms with Crippen molar-refractivity contribution in [1.29, 1.82) is 0 Å². The van der Waals surface area contributed by atoms with Crippen LogP contribution in [0.1, 0.15) is 80.1 Å². The third-order valence-corrected chi connectivity index (χ3v) is 10.9. The SMILES string of the molecule is C=C(CO)C(=O)OC1C[C@H]2CC[C@@]1(C)C2(C)C.C=C(CO)C(=O)OC1C[C@H]2CC[C@@]1(C)C2(C)C. The number of hydrogen-bond acceptors (Lipinski definition) is 6. The van der Waals surface area contributed by atoms with Gasteiger partial charge in [-0.3, -0.25) is 0 Å². The molecule has 2 unspecified atom stereocenters.